The number of nitrogens with zero attached hydrogens (tertiary/aromatic N) is 1. The molecular formula is C9H11N3OS. The van der Waals surface area contributed by atoms with E-state index in [1.54, 1.807) is 12.3 Å². The minimum Gasteiger partial charge on any atom is -0.375 e. The molecule has 0 spiro atoms. The van der Waals surface area contributed by atoms with Crippen molar-refractivity contribution in [2.75, 3.05) is 12.3 Å². The van der Waals surface area contributed by atoms with E-state index < -0.39 is 0 Å². The predicted molar refractivity (Wildman–Crippen MR) is 56.9 cm³/mol. The summed E-state index contributed by atoms with van der Waals surface area (Å²) < 4.78 is 0. The number of thiazole rings is 1. The summed E-state index contributed by atoms with van der Waals surface area (Å²) in [5, 5.41) is 4.74. The highest BCUT2D eigenvalue weighted by Crippen LogP contribution is 2.10. The molecule has 0 aromatic carbocycles. The molecule has 0 unspecified atom stereocenters. The Hall–Kier alpha value is -1.54. The number of rotatable bonds is 3. The number of hydrogen-bond donors (Lipinski definition) is 2. The van der Waals surface area contributed by atoms with Crippen molar-refractivity contribution < 1.29 is 4.79 Å². The van der Waals surface area contributed by atoms with E-state index in [1.807, 2.05) is 0 Å². The normalized spacial score (nSPS) is 8.93. The van der Waals surface area contributed by atoms with Crippen molar-refractivity contribution in [2.24, 2.45) is 0 Å². The van der Waals surface area contributed by atoms with Crippen LogP contribution in [0.1, 0.15) is 23.8 Å². The van der Waals surface area contributed by atoms with Crippen LogP contribution < -0.4 is 11.1 Å². The molecule has 0 fully saturated rings. The van der Waals surface area contributed by atoms with Crippen molar-refractivity contribution in [3.63, 3.8) is 0 Å². The molecule has 1 amide bonds. The third kappa shape index (κ3) is 3.07. The third-order valence-corrected chi connectivity index (χ3v) is 2.14. The lowest BCUT2D eigenvalue weighted by atomic mass is 10.4. The molecule has 5 heteroatoms. The van der Waals surface area contributed by atoms with Gasteiger partial charge in [0.2, 0.25) is 0 Å². The fourth-order valence-corrected chi connectivity index (χ4v) is 1.39. The molecule has 1 aromatic rings. The van der Waals surface area contributed by atoms with E-state index in [4.69, 9.17) is 5.73 Å². The molecule has 0 saturated carbocycles. The summed E-state index contributed by atoms with van der Waals surface area (Å²) in [6, 6.07) is 0. The summed E-state index contributed by atoms with van der Waals surface area (Å²) in [4.78, 5) is 15.2. The summed E-state index contributed by atoms with van der Waals surface area (Å²) >= 11 is 1.25. The number of carbonyl (C=O) groups is 1. The van der Waals surface area contributed by atoms with Gasteiger partial charge in [-0.2, -0.15) is 0 Å². The van der Waals surface area contributed by atoms with Crippen LogP contribution in [-0.4, -0.2) is 17.4 Å². The molecule has 1 rings (SSSR count). The Bertz CT molecular complexity index is 375. The van der Waals surface area contributed by atoms with Crippen LogP contribution in [0.15, 0.2) is 5.38 Å². The molecule has 0 bridgehead atoms. The lowest BCUT2D eigenvalue weighted by Crippen LogP contribution is -2.24. The summed E-state index contributed by atoms with van der Waals surface area (Å²) in [6.07, 6.45) is 0.655. The SMILES string of the molecule is CC#CCCNC(=O)c1csc(N)n1. The van der Waals surface area contributed by atoms with Gasteiger partial charge in [0, 0.05) is 18.3 Å². The van der Waals surface area contributed by atoms with Crippen molar-refractivity contribution in [3.05, 3.63) is 11.1 Å². The Balaban J connectivity index is 2.38. The molecule has 1 heterocycles. The molecule has 0 aliphatic rings. The topological polar surface area (TPSA) is 68.0 Å². The number of aromatic nitrogens is 1. The van der Waals surface area contributed by atoms with Crippen LogP contribution in [0.4, 0.5) is 5.13 Å². The van der Waals surface area contributed by atoms with Gasteiger partial charge in [-0.25, -0.2) is 4.98 Å². The maximum atomic E-state index is 11.4. The quantitative estimate of drug-likeness (QED) is 0.573. The first-order chi connectivity index (χ1) is 6.74. The fourth-order valence-electron chi connectivity index (χ4n) is 0.846. The van der Waals surface area contributed by atoms with Gasteiger partial charge >= 0.3 is 0 Å². The van der Waals surface area contributed by atoms with E-state index in [1.165, 1.54) is 11.3 Å². The van der Waals surface area contributed by atoms with Crippen LogP contribution in [0.5, 0.6) is 0 Å². The zero-order valence-corrected chi connectivity index (χ0v) is 8.65. The monoisotopic (exact) mass is 209 g/mol. The maximum Gasteiger partial charge on any atom is 0.270 e. The predicted octanol–water partition coefficient (Wildman–Crippen LogP) is 0.869. The average Bonchev–Trinajstić information content (AvgIpc) is 2.59. The minimum atomic E-state index is -0.198. The molecule has 1 aromatic heterocycles. The Morgan fingerprint density at radius 2 is 2.57 bits per heavy atom. The van der Waals surface area contributed by atoms with E-state index in [2.05, 4.69) is 22.1 Å². The van der Waals surface area contributed by atoms with Crippen molar-refractivity contribution >= 4 is 22.4 Å². The van der Waals surface area contributed by atoms with Gasteiger partial charge in [-0.15, -0.1) is 23.2 Å². The highest BCUT2D eigenvalue weighted by Gasteiger charge is 2.07. The smallest absolute Gasteiger partial charge is 0.270 e. The highest BCUT2D eigenvalue weighted by molar-refractivity contribution is 7.13. The molecular weight excluding hydrogens is 198 g/mol. The Kier molecular flexibility index (Phi) is 3.95. The molecule has 0 aliphatic carbocycles. The molecule has 74 valence electrons. The van der Waals surface area contributed by atoms with Gasteiger partial charge in [0.25, 0.3) is 5.91 Å². The number of anilines is 1. The molecule has 3 N–H and O–H groups in total. The molecule has 0 atom stereocenters. The molecule has 14 heavy (non-hydrogen) atoms. The van der Waals surface area contributed by atoms with Crippen LogP contribution in [0, 0.1) is 11.8 Å². The second-order valence-corrected chi connectivity index (χ2v) is 3.39. The minimum absolute atomic E-state index is 0.198. The number of nitrogen functional groups attached to an aromatic ring is 1. The first-order valence-corrected chi connectivity index (χ1v) is 5.01. The third-order valence-electron chi connectivity index (χ3n) is 1.47. The summed E-state index contributed by atoms with van der Waals surface area (Å²) in [5.74, 6) is 5.41. The van der Waals surface area contributed by atoms with Gasteiger partial charge in [-0.3, -0.25) is 4.79 Å². The van der Waals surface area contributed by atoms with Crippen molar-refractivity contribution in [2.45, 2.75) is 13.3 Å². The van der Waals surface area contributed by atoms with E-state index >= 15 is 0 Å². The number of carbonyl (C=O) groups excluding carboxylic acids is 1. The van der Waals surface area contributed by atoms with Crippen LogP contribution in [0.2, 0.25) is 0 Å². The number of amides is 1. The standard InChI is InChI=1S/C9H11N3OS/c1-2-3-4-5-11-8(13)7-6-14-9(10)12-7/h6H,4-5H2,1H3,(H2,10,12)(H,11,13). The van der Waals surface area contributed by atoms with Gasteiger partial charge in [0.1, 0.15) is 5.69 Å². The van der Waals surface area contributed by atoms with Crippen LogP contribution in [0.3, 0.4) is 0 Å². The van der Waals surface area contributed by atoms with Crippen molar-refractivity contribution in [3.8, 4) is 11.8 Å². The van der Waals surface area contributed by atoms with Gasteiger partial charge in [-0.1, -0.05) is 0 Å². The average molecular weight is 209 g/mol. The summed E-state index contributed by atoms with van der Waals surface area (Å²) in [6.45, 7) is 2.31. The van der Waals surface area contributed by atoms with E-state index in [-0.39, 0.29) is 5.91 Å². The first kappa shape index (κ1) is 10.5. The lowest BCUT2D eigenvalue weighted by molar-refractivity contribution is 0.0950. The highest BCUT2D eigenvalue weighted by atomic mass is 32.1. The van der Waals surface area contributed by atoms with E-state index in [0.29, 0.717) is 23.8 Å². The van der Waals surface area contributed by atoms with E-state index in [0.717, 1.165) is 0 Å². The van der Waals surface area contributed by atoms with Crippen molar-refractivity contribution in [1.82, 2.24) is 10.3 Å². The van der Waals surface area contributed by atoms with E-state index in [9.17, 15) is 4.79 Å². The Morgan fingerprint density at radius 1 is 1.79 bits per heavy atom. The van der Waals surface area contributed by atoms with Crippen LogP contribution >= 0.6 is 11.3 Å². The van der Waals surface area contributed by atoms with Gasteiger partial charge in [0.15, 0.2) is 5.13 Å². The Labute approximate surface area is 86.5 Å². The number of nitrogens with one attached hydrogen (secondary N) is 1. The molecule has 4 nitrogen and oxygen atoms in total. The van der Waals surface area contributed by atoms with Gasteiger partial charge in [-0.05, 0) is 6.92 Å². The lowest BCUT2D eigenvalue weighted by Gasteiger charge is -1.98. The van der Waals surface area contributed by atoms with Gasteiger partial charge < -0.3 is 11.1 Å². The Morgan fingerprint density at radius 3 is 3.14 bits per heavy atom. The molecule has 0 radical (unpaired) electrons. The first-order valence-electron chi connectivity index (χ1n) is 4.13. The van der Waals surface area contributed by atoms with Crippen LogP contribution in [0.25, 0.3) is 0 Å². The molecule has 0 saturated heterocycles. The van der Waals surface area contributed by atoms with Crippen LogP contribution in [-0.2, 0) is 0 Å². The second kappa shape index (κ2) is 5.25. The fraction of sp³-hybridized carbons (Fsp3) is 0.333. The summed E-state index contributed by atoms with van der Waals surface area (Å²) in [5.41, 5.74) is 5.77. The number of hydrogen-bond acceptors (Lipinski definition) is 4. The number of nitrogens with two attached hydrogens (primary N) is 1. The summed E-state index contributed by atoms with van der Waals surface area (Å²) in [7, 11) is 0. The largest absolute Gasteiger partial charge is 0.375 e. The zero-order chi connectivity index (χ0) is 10.4. The maximum absolute atomic E-state index is 11.4. The second-order valence-electron chi connectivity index (χ2n) is 2.50. The zero-order valence-electron chi connectivity index (χ0n) is 7.83. The van der Waals surface area contributed by atoms with Gasteiger partial charge in [0.05, 0.1) is 0 Å². The van der Waals surface area contributed by atoms with Crippen molar-refractivity contribution in [1.29, 1.82) is 0 Å². The molecule has 0 aliphatic heterocycles.